The van der Waals surface area contributed by atoms with Crippen molar-refractivity contribution in [3.8, 4) is 35.5 Å². The van der Waals surface area contributed by atoms with Crippen LogP contribution in [0.4, 0.5) is 46.6 Å². The number of amides is 8. The molecule has 3 aromatic carbocycles. The van der Waals surface area contributed by atoms with Crippen molar-refractivity contribution in [3.05, 3.63) is 194 Å². The predicted molar refractivity (Wildman–Crippen MR) is 506 cm³/mol. The van der Waals surface area contributed by atoms with Gasteiger partial charge in [0.25, 0.3) is 0 Å². The molecule has 3 saturated heterocycles. The van der Waals surface area contributed by atoms with E-state index in [9.17, 15) is 72.8 Å². The number of nitrogens with zero attached hydrogens (tertiary/aromatic N) is 10. The number of halogens is 4. The summed E-state index contributed by atoms with van der Waals surface area (Å²) in [7, 11) is -9.67. The summed E-state index contributed by atoms with van der Waals surface area (Å²) in [5.74, 6) is 9.42. The van der Waals surface area contributed by atoms with Crippen LogP contribution in [0.1, 0.15) is 207 Å². The third kappa shape index (κ3) is 24.9. The summed E-state index contributed by atoms with van der Waals surface area (Å²) in [6, 6.07) is 21.0. The number of aromatic nitrogens is 3. The van der Waals surface area contributed by atoms with Gasteiger partial charge in [0.05, 0.1) is 43.4 Å². The van der Waals surface area contributed by atoms with Crippen molar-refractivity contribution in [1.82, 2.24) is 50.5 Å². The van der Waals surface area contributed by atoms with Gasteiger partial charge in [0, 0.05) is 81.7 Å². The number of nitrogens with two attached hydrogens (primary N) is 1. The minimum absolute atomic E-state index is 0. The van der Waals surface area contributed by atoms with Gasteiger partial charge in [0.2, 0.25) is 0 Å². The summed E-state index contributed by atoms with van der Waals surface area (Å²) in [4.78, 5) is 147. The van der Waals surface area contributed by atoms with Crippen LogP contribution in [0.25, 0.3) is 0 Å². The first kappa shape index (κ1) is 110. The number of imide groups is 2. The van der Waals surface area contributed by atoms with Gasteiger partial charge in [0.1, 0.15) is 91.1 Å². The second kappa shape index (κ2) is 41.8. The number of nitrogens with one attached hydrogen (secondary N) is 3. The zero-order valence-electron chi connectivity index (χ0n) is 79.5. The van der Waals surface area contributed by atoms with Gasteiger partial charge in [0.15, 0.2) is 61.1 Å². The minimum atomic E-state index is -4.42. The molecule has 40 heteroatoms. The number of hydrogen-bond acceptors (Lipinski definition) is 27. The number of carbonyl (C=O) groups is 9. The number of likely N-dealkylation sites (tertiary alicyclic amines) is 2. The van der Waals surface area contributed by atoms with Gasteiger partial charge >= 0.3 is 36.4 Å². The molecule has 6 aromatic rings. The maximum Gasteiger partial charge on any atom is 0.425 e. The first-order chi connectivity index (χ1) is 62.0. The highest BCUT2D eigenvalue weighted by Gasteiger charge is 2.68. The van der Waals surface area contributed by atoms with Crippen molar-refractivity contribution in [1.29, 1.82) is 0 Å². The van der Waals surface area contributed by atoms with Gasteiger partial charge in [-0.15, -0.1) is 0 Å². The molecule has 3 spiro atoms. The minimum Gasteiger partial charge on any atom is -0.443 e. The van der Waals surface area contributed by atoms with Crippen LogP contribution in [0.2, 0.25) is 0 Å². The molecular weight excluding hydrogens is 1830 g/mol. The monoisotopic (exact) mass is 1940 g/mol. The molecule has 0 bridgehead atoms. The van der Waals surface area contributed by atoms with E-state index in [1.165, 1.54) is 87.1 Å². The Kier molecular flexibility index (Phi) is 33.9. The Morgan fingerprint density at radius 2 is 0.713 bits per heavy atom. The summed E-state index contributed by atoms with van der Waals surface area (Å²) in [5, 5.41) is 7.78. The van der Waals surface area contributed by atoms with Crippen LogP contribution in [-0.4, -0.2) is 238 Å². The Hall–Kier alpha value is -12.8. The third-order valence-electron chi connectivity index (χ3n) is 21.8. The van der Waals surface area contributed by atoms with E-state index < -0.39 is 179 Å². The number of pyridine rings is 3. The summed E-state index contributed by atoms with van der Waals surface area (Å²) >= 11 is 0. The van der Waals surface area contributed by atoms with Crippen LogP contribution < -0.4 is 21.7 Å². The normalized spacial score (nSPS) is 19.6. The second-order valence-electron chi connectivity index (χ2n) is 37.9. The first-order valence-electron chi connectivity index (χ1n) is 42.5. The number of carbonyl (C=O) groups excluding carboxylic acids is 9. The lowest BCUT2D eigenvalue weighted by molar-refractivity contribution is 0.0108. The molecule has 0 aliphatic carbocycles. The number of ether oxygens (including phenoxy) is 4. The Bertz CT molecular complexity index is 6240. The molecule has 12 rings (SSSR count). The topological polar surface area (TPSA) is 444 Å². The number of sulfone groups is 3. The molecule has 3 atom stereocenters. The smallest absolute Gasteiger partial charge is 0.425 e. The maximum absolute atomic E-state index is 15.7. The fourth-order valence-electron chi connectivity index (χ4n) is 15.1. The van der Waals surface area contributed by atoms with Crippen molar-refractivity contribution in [2.75, 3.05) is 70.6 Å². The Labute approximate surface area is 791 Å². The van der Waals surface area contributed by atoms with Gasteiger partial charge in [-0.1, -0.05) is 55.7 Å². The molecule has 0 radical (unpaired) electrons. The zero-order valence-corrected chi connectivity index (χ0v) is 81.9. The number of aryl methyl sites for hydroxylation is 3. The number of hydrogen-bond donors (Lipinski definition) is 4. The van der Waals surface area contributed by atoms with Crippen LogP contribution in [0, 0.1) is 73.7 Å². The number of benzene rings is 3. The van der Waals surface area contributed by atoms with E-state index in [0.717, 1.165) is 28.8 Å². The highest BCUT2D eigenvalue weighted by molar-refractivity contribution is 7.94. The van der Waals surface area contributed by atoms with E-state index >= 15 is 8.78 Å². The maximum atomic E-state index is 15.7. The molecule has 9 heterocycles. The molecule has 8 amide bonds. The summed E-state index contributed by atoms with van der Waals surface area (Å²) in [6.07, 6.45) is -0.504. The van der Waals surface area contributed by atoms with E-state index in [4.69, 9.17) is 34.7 Å². The van der Waals surface area contributed by atoms with Crippen LogP contribution in [0.15, 0.2) is 125 Å². The molecule has 5 N–H and O–H groups in total. The van der Waals surface area contributed by atoms with E-state index in [-0.39, 0.29) is 115 Å². The Morgan fingerprint density at radius 3 is 0.963 bits per heavy atom. The average molecular weight is 1940 g/mol. The van der Waals surface area contributed by atoms with Gasteiger partial charge in [-0.2, -0.15) is 9.80 Å². The molecule has 732 valence electrons. The quantitative estimate of drug-likeness (QED) is 0.0382. The number of aliphatic imine (C=N–C) groups is 3. The van der Waals surface area contributed by atoms with E-state index in [1.807, 2.05) is 20.8 Å². The molecule has 136 heavy (non-hydrogen) atoms. The van der Waals surface area contributed by atoms with Crippen molar-refractivity contribution in [3.63, 3.8) is 0 Å². The lowest BCUT2D eigenvalue weighted by atomic mass is 9.89. The molecular formula is C96H118F4N14O19S3. The molecule has 3 fully saturated rings. The number of urea groups is 2. The number of rotatable bonds is 12. The lowest BCUT2D eigenvalue weighted by Crippen LogP contribution is -2.77. The lowest BCUT2D eigenvalue weighted by Gasteiger charge is -2.53. The van der Waals surface area contributed by atoms with Crippen LogP contribution in [0.3, 0.4) is 0 Å². The number of amidine groups is 3. The van der Waals surface area contributed by atoms with Crippen molar-refractivity contribution < 1.29 is 105 Å². The fraction of sp³-hybridized carbons (Fsp3) is 0.469. The van der Waals surface area contributed by atoms with Crippen molar-refractivity contribution >= 4 is 101 Å². The standard InChI is InChI=1S/C33H42FN5O8S.C31H39FN4O7S.C23H26FN5O4S.C8H6.CH4.FH/c1-20-10-13-24(36-16-20)25(40)15-21-11-12-23(34)22(14-21)32(8)19-48(44,45)33(17-38(18-33)27(41)35-9)26(37-32)39(28(42)46-30(2,3)4)29(43)47-31(5,6)7;1-19-9-12-23(34-15-19)24(37)14-20-10-11-22(32)21(13-20)30(8)18-44(40,41)31(16-33-17-31)25(35-30)36(26(38)42-28(2,3)4)27(39)43-29(5,6)7;1-14-4-7-18(27-10-14)19(30)9-15-5-6-17(24)16(8-15)22(2)13-34(32,33)23(20(25)28-22)11-29(12-23)21(31)26-3;1-3-5-7-8-6-4-2;;/h10-14,16H,15,17-19H2,1-9H3,(H,35,41);9-13,15,33H,14,16-18H2,1-8H3;4-8,10H,9,11-13H2,1-3H3,(H2,25,28)(H,26,31);1-2H3;1H4;1H/t32-;30-;22-;;;/m000.../s1. The van der Waals surface area contributed by atoms with Crippen molar-refractivity contribution in [2.45, 2.75) is 218 Å². The Morgan fingerprint density at radius 1 is 0.441 bits per heavy atom. The SMILES string of the molecule is C.CC#CC#CC#CC.CNC(=O)N1CC2(C1)C(N(C(=O)OC(C)(C)C)C(=O)OC(C)(C)C)=N[C@](C)(c1cc(CC(=O)c3ccc(C)cn3)ccc1F)CS2(=O)=O.CNC(=O)N1CC2(C1)C(N)=N[C@](C)(c1cc(CC(=O)c3ccc(C)cn3)ccc1F)CS2(=O)=O.Cc1ccc(C(=O)Cc2ccc(F)c([C@]3(C)CS(=O)(=O)C4(CNC4)C(N(C(=O)OC(C)(C)C)C(=O)OC(C)(C)C)=N3)c2)nc1.F. The molecule has 0 unspecified atom stereocenters. The van der Waals surface area contributed by atoms with E-state index in [2.05, 4.69) is 71.4 Å². The van der Waals surface area contributed by atoms with Crippen LogP contribution >= 0.6 is 0 Å². The molecule has 3 aromatic heterocycles. The van der Waals surface area contributed by atoms with E-state index in [0.29, 0.717) is 26.5 Å². The van der Waals surface area contributed by atoms with Crippen molar-refractivity contribution in [2.24, 2.45) is 20.7 Å². The second-order valence-corrected chi connectivity index (χ2v) is 44.8. The predicted octanol–water partition coefficient (Wildman–Crippen LogP) is 12.2. The zero-order chi connectivity index (χ0) is 100. The summed E-state index contributed by atoms with van der Waals surface area (Å²) in [5.41, 5.74) is 1.03. The summed E-state index contributed by atoms with van der Waals surface area (Å²) in [6.45, 7) is 30.8. The first-order valence-corrected chi connectivity index (χ1v) is 47.4. The van der Waals surface area contributed by atoms with Crippen LogP contribution in [-0.2, 0) is 84.3 Å². The largest absolute Gasteiger partial charge is 0.443 e. The van der Waals surface area contributed by atoms with Crippen LogP contribution in [0.5, 0.6) is 0 Å². The fourth-order valence-corrected chi connectivity index (χ4v) is 22.1. The van der Waals surface area contributed by atoms with Gasteiger partial charge in [-0.3, -0.25) is 49.0 Å². The molecule has 0 saturated carbocycles. The van der Waals surface area contributed by atoms with Gasteiger partial charge in [-0.05, 0) is 250 Å². The molecule has 6 aliphatic heterocycles. The summed E-state index contributed by atoms with van der Waals surface area (Å²) < 4.78 is 147. The number of ketones is 3. The highest BCUT2D eigenvalue weighted by Crippen LogP contribution is 2.48. The number of Topliss-reactive ketones (excluding diaryl/α,β-unsaturated/α-hetero) is 3. The van der Waals surface area contributed by atoms with E-state index in [1.54, 1.807) is 152 Å². The third-order valence-corrected chi connectivity index (χ3v) is 29.6. The molecule has 33 nitrogen and oxygen atoms in total. The van der Waals surface area contributed by atoms with Gasteiger partial charge in [-0.25, -0.2) is 67.2 Å². The molecule has 6 aliphatic rings. The average Bonchev–Trinajstić information content (AvgIpc) is 0.716. The van der Waals surface area contributed by atoms with Gasteiger partial charge < -0.3 is 50.4 Å². The Balaban J connectivity index is 0.000000268. The highest BCUT2D eigenvalue weighted by atomic mass is 32.2.